The lowest BCUT2D eigenvalue weighted by Gasteiger charge is -2.19. The molecule has 0 saturated carbocycles. The first-order valence-corrected chi connectivity index (χ1v) is 12.1. The number of hydrogen-bond donors (Lipinski definition) is 2. The summed E-state index contributed by atoms with van der Waals surface area (Å²) in [5, 5.41) is 12.3. The van der Waals surface area contributed by atoms with E-state index < -0.39 is 18.1 Å². The molecule has 3 aromatic carbocycles. The van der Waals surface area contributed by atoms with Gasteiger partial charge in [0, 0.05) is 18.9 Å². The summed E-state index contributed by atoms with van der Waals surface area (Å²) in [6.07, 6.45) is 0.180. The number of para-hydroxylation sites is 1. The predicted molar refractivity (Wildman–Crippen MR) is 138 cm³/mol. The zero-order valence-electron chi connectivity index (χ0n) is 20.6. The van der Waals surface area contributed by atoms with Crippen LogP contribution < -0.4 is 10.1 Å². The monoisotopic (exact) mass is 488 g/mol. The zero-order valence-corrected chi connectivity index (χ0v) is 20.6. The number of fused-ring (bicyclic) bond motifs is 3. The standard InChI is InChI=1S/C29H32N2O5/c1-31(2)16-9-17-35-27-15-8-3-10-20(27)18-26(28(32)33)30-29(34)36-19-25-23-13-6-4-11-21(23)22-12-5-7-14-24(22)25/h3-8,10-15,25-26H,9,16-19H2,1-2H3,(H,30,34)(H,32,33). The van der Waals surface area contributed by atoms with Gasteiger partial charge in [-0.3, -0.25) is 0 Å². The summed E-state index contributed by atoms with van der Waals surface area (Å²) in [5.74, 6) is -0.606. The molecule has 0 saturated heterocycles. The second kappa shape index (κ2) is 11.7. The number of alkyl carbamates (subject to hydrolysis) is 1. The molecule has 0 spiro atoms. The molecule has 1 atom stereocenters. The molecule has 3 aromatic rings. The maximum Gasteiger partial charge on any atom is 0.407 e. The van der Waals surface area contributed by atoms with Crippen molar-refractivity contribution in [3.8, 4) is 16.9 Å². The highest BCUT2D eigenvalue weighted by atomic mass is 16.5. The Bertz CT molecular complexity index is 1160. The van der Waals surface area contributed by atoms with Gasteiger partial charge >= 0.3 is 12.1 Å². The third-order valence-corrected chi connectivity index (χ3v) is 6.34. The van der Waals surface area contributed by atoms with Crippen LogP contribution in [0.25, 0.3) is 11.1 Å². The van der Waals surface area contributed by atoms with E-state index in [4.69, 9.17) is 9.47 Å². The molecule has 36 heavy (non-hydrogen) atoms. The maximum absolute atomic E-state index is 12.7. The maximum atomic E-state index is 12.7. The van der Waals surface area contributed by atoms with Crippen LogP contribution in [0.5, 0.6) is 5.75 Å². The first-order valence-electron chi connectivity index (χ1n) is 12.1. The van der Waals surface area contributed by atoms with Crippen molar-refractivity contribution < 1.29 is 24.2 Å². The number of nitrogens with zero attached hydrogens (tertiary/aromatic N) is 1. The number of carboxylic acids is 1. The van der Waals surface area contributed by atoms with Gasteiger partial charge in [0.2, 0.25) is 0 Å². The quantitative estimate of drug-likeness (QED) is 0.385. The Hall–Kier alpha value is -3.84. The minimum Gasteiger partial charge on any atom is -0.493 e. The van der Waals surface area contributed by atoms with Crippen LogP contribution in [-0.2, 0) is 16.0 Å². The Balaban J connectivity index is 1.38. The smallest absolute Gasteiger partial charge is 0.407 e. The van der Waals surface area contributed by atoms with Crippen LogP contribution in [0.15, 0.2) is 72.8 Å². The van der Waals surface area contributed by atoms with Gasteiger partial charge < -0.3 is 24.8 Å². The van der Waals surface area contributed by atoms with Gasteiger partial charge in [-0.1, -0.05) is 66.7 Å². The van der Waals surface area contributed by atoms with Gasteiger partial charge in [-0.15, -0.1) is 0 Å². The first kappa shape index (κ1) is 25.3. The van der Waals surface area contributed by atoms with E-state index in [-0.39, 0.29) is 18.9 Å². The number of carbonyl (C=O) groups excluding carboxylic acids is 1. The molecule has 7 heteroatoms. The second-order valence-corrected chi connectivity index (χ2v) is 9.18. The number of rotatable bonds is 11. The highest BCUT2D eigenvalue weighted by molar-refractivity contribution is 5.81. The number of carbonyl (C=O) groups is 2. The van der Waals surface area contributed by atoms with E-state index in [1.165, 1.54) is 0 Å². The van der Waals surface area contributed by atoms with Gasteiger partial charge in [-0.2, -0.15) is 0 Å². The number of amides is 1. The van der Waals surface area contributed by atoms with Crippen molar-refractivity contribution in [3.63, 3.8) is 0 Å². The van der Waals surface area contributed by atoms with Crippen LogP contribution in [0.1, 0.15) is 29.0 Å². The summed E-state index contributed by atoms with van der Waals surface area (Å²) in [4.78, 5) is 26.7. The third kappa shape index (κ3) is 6.04. The summed E-state index contributed by atoms with van der Waals surface area (Å²) in [6, 6.07) is 22.3. The molecule has 1 amide bonds. The molecule has 0 heterocycles. The van der Waals surface area contributed by atoms with E-state index >= 15 is 0 Å². The third-order valence-electron chi connectivity index (χ3n) is 6.34. The molecule has 0 bridgehead atoms. The normalized spacial score (nSPS) is 13.1. The van der Waals surface area contributed by atoms with E-state index in [9.17, 15) is 14.7 Å². The summed E-state index contributed by atoms with van der Waals surface area (Å²) in [5.41, 5.74) is 5.18. The largest absolute Gasteiger partial charge is 0.493 e. The van der Waals surface area contributed by atoms with Crippen LogP contribution in [0.2, 0.25) is 0 Å². The predicted octanol–water partition coefficient (Wildman–Crippen LogP) is 4.55. The molecular weight excluding hydrogens is 456 g/mol. The topological polar surface area (TPSA) is 88.1 Å². The number of aliphatic carboxylic acids is 1. The van der Waals surface area contributed by atoms with Crippen molar-refractivity contribution in [1.82, 2.24) is 10.2 Å². The molecule has 1 unspecified atom stereocenters. The summed E-state index contributed by atoms with van der Waals surface area (Å²) < 4.78 is 11.4. The molecule has 1 aliphatic rings. The molecule has 4 rings (SSSR count). The number of hydrogen-bond acceptors (Lipinski definition) is 5. The number of ether oxygens (including phenoxy) is 2. The first-order chi connectivity index (χ1) is 17.4. The minimum atomic E-state index is -1.15. The molecule has 7 nitrogen and oxygen atoms in total. The van der Waals surface area contributed by atoms with E-state index in [2.05, 4.69) is 22.3 Å². The second-order valence-electron chi connectivity index (χ2n) is 9.18. The highest BCUT2D eigenvalue weighted by Crippen LogP contribution is 2.44. The Labute approximate surface area is 211 Å². The van der Waals surface area contributed by atoms with Crippen molar-refractivity contribution in [1.29, 1.82) is 0 Å². The van der Waals surface area contributed by atoms with Crippen LogP contribution in [0.4, 0.5) is 4.79 Å². The van der Waals surface area contributed by atoms with Crippen LogP contribution in [0, 0.1) is 0 Å². The fraction of sp³-hybridized carbons (Fsp3) is 0.310. The minimum absolute atomic E-state index is 0.0867. The summed E-state index contributed by atoms with van der Waals surface area (Å²) in [7, 11) is 4.00. The number of carboxylic acid groups (broad SMARTS) is 1. The van der Waals surface area contributed by atoms with E-state index in [1.54, 1.807) is 0 Å². The number of nitrogens with one attached hydrogen (secondary N) is 1. The van der Waals surface area contributed by atoms with Crippen molar-refractivity contribution >= 4 is 12.1 Å². The molecule has 1 aliphatic carbocycles. The molecule has 0 aromatic heterocycles. The molecular formula is C29H32N2O5. The molecule has 2 N–H and O–H groups in total. The molecule has 0 fully saturated rings. The average molecular weight is 489 g/mol. The lowest BCUT2D eigenvalue weighted by atomic mass is 9.98. The van der Waals surface area contributed by atoms with Gasteiger partial charge in [-0.05, 0) is 54.4 Å². The van der Waals surface area contributed by atoms with Gasteiger partial charge in [-0.25, -0.2) is 9.59 Å². The fourth-order valence-electron chi connectivity index (χ4n) is 4.58. The Morgan fingerprint density at radius 1 is 0.944 bits per heavy atom. The van der Waals surface area contributed by atoms with Crippen LogP contribution >= 0.6 is 0 Å². The molecule has 188 valence electrons. The van der Waals surface area contributed by atoms with Crippen molar-refractivity contribution in [2.24, 2.45) is 0 Å². The van der Waals surface area contributed by atoms with Gasteiger partial charge in [0.25, 0.3) is 0 Å². The van der Waals surface area contributed by atoms with Crippen molar-refractivity contribution in [3.05, 3.63) is 89.5 Å². The van der Waals surface area contributed by atoms with Crippen LogP contribution in [-0.4, -0.2) is 62.0 Å². The Morgan fingerprint density at radius 2 is 1.56 bits per heavy atom. The zero-order chi connectivity index (χ0) is 25.5. The van der Waals surface area contributed by atoms with Crippen molar-refractivity contribution in [2.45, 2.75) is 24.8 Å². The lowest BCUT2D eigenvalue weighted by Crippen LogP contribution is -2.43. The van der Waals surface area contributed by atoms with Gasteiger partial charge in [0.1, 0.15) is 18.4 Å². The van der Waals surface area contributed by atoms with Gasteiger partial charge in [0.05, 0.1) is 6.61 Å². The molecule has 0 aliphatic heterocycles. The SMILES string of the molecule is CN(C)CCCOc1ccccc1CC(NC(=O)OCC1c2ccccc2-c2ccccc21)C(=O)O. The Morgan fingerprint density at radius 3 is 2.19 bits per heavy atom. The van der Waals surface area contributed by atoms with Crippen LogP contribution in [0.3, 0.4) is 0 Å². The number of benzene rings is 3. The summed E-state index contributed by atoms with van der Waals surface area (Å²) in [6.45, 7) is 1.54. The van der Waals surface area contributed by atoms with E-state index in [0.29, 0.717) is 17.9 Å². The summed E-state index contributed by atoms with van der Waals surface area (Å²) >= 11 is 0. The molecule has 0 radical (unpaired) electrons. The fourth-order valence-corrected chi connectivity index (χ4v) is 4.58. The van der Waals surface area contributed by atoms with E-state index in [0.717, 1.165) is 35.2 Å². The van der Waals surface area contributed by atoms with E-state index in [1.807, 2.05) is 74.8 Å². The average Bonchev–Trinajstić information content (AvgIpc) is 3.19. The van der Waals surface area contributed by atoms with Crippen molar-refractivity contribution in [2.75, 3.05) is 33.9 Å². The lowest BCUT2D eigenvalue weighted by molar-refractivity contribution is -0.139. The highest BCUT2D eigenvalue weighted by Gasteiger charge is 2.30. The Kier molecular flexibility index (Phi) is 8.23. The van der Waals surface area contributed by atoms with Gasteiger partial charge in [0.15, 0.2) is 0 Å².